The van der Waals surface area contributed by atoms with Crippen molar-refractivity contribution in [2.75, 3.05) is 11.9 Å². The van der Waals surface area contributed by atoms with Crippen LogP contribution in [0.5, 0.6) is 0 Å². The van der Waals surface area contributed by atoms with Crippen LogP contribution in [0.4, 0.5) is 5.82 Å². The second kappa shape index (κ2) is 4.74. The number of nitrogens with one attached hydrogen (secondary N) is 1. The molecule has 0 spiro atoms. The van der Waals surface area contributed by atoms with Crippen LogP contribution in [0.2, 0.25) is 0 Å². The van der Waals surface area contributed by atoms with Gasteiger partial charge in [0.05, 0.1) is 18.1 Å². The first kappa shape index (κ1) is 10.6. The van der Waals surface area contributed by atoms with Gasteiger partial charge in [0.1, 0.15) is 11.5 Å². The lowest BCUT2D eigenvalue weighted by Gasteiger charge is -2.05. The maximum absolute atomic E-state index is 4.48. The van der Waals surface area contributed by atoms with E-state index >= 15 is 0 Å². The molecule has 0 aliphatic heterocycles. The fraction of sp³-hybridized carbons (Fsp3) is 0.364. The smallest absolute Gasteiger partial charge is 0.145 e. The Kier molecular flexibility index (Phi) is 3.14. The van der Waals surface area contributed by atoms with E-state index in [-0.39, 0.29) is 0 Å². The summed E-state index contributed by atoms with van der Waals surface area (Å²) in [5.74, 6) is 0.806. The predicted molar refractivity (Wildman–Crippen MR) is 63.0 cm³/mol. The van der Waals surface area contributed by atoms with Crippen molar-refractivity contribution in [3.63, 3.8) is 0 Å². The predicted octanol–water partition coefficient (Wildman–Crippen LogP) is 1.70. The molecule has 0 amide bonds. The van der Waals surface area contributed by atoms with Gasteiger partial charge >= 0.3 is 0 Å². The van der Waals surface area contributed by atoms with Gasteiger partial charge in [-0.3, -0.25) is 9.67 Å². The zero-order valence-electron chi connectivity index (χ0n) is 9.51. The molecule has 2 rings (SSSR count). The van der Waals surface area contributed by atoms with E-state index in [1.807, 2.05) is 13.1 Å². The first-order chi connectivity index (χ1) is 7.81. The van der Waals surface area contributed by atoms with E-state index in [1.165, 1.54) is 0 Å². The molecule has 0 fully saturated rings. The third-order valence-corrected chi connectivity index (χ3v) is 2.27. The van der Waals surface area contributed by atoms with Crippen LogP contribution >= 0.6 is 0 Å². The van der Waals surface area contributed by atoms with Gasteiger partial charge < -0.3 is 5.32 Å². The van der Waals surface area contributed by atoms with Crippen molar-refractivity contribution < 1.29 is 0 Å². The van der Waals surface area contributed by atoms with Gasteiger partial charge in [-0.25, -0.2) is 4.98 Å². The van der Waals surface area contributed by atoms with Crippen molar-refractivity contribution in [2.24, 2.45) is 7.05 Å². The maximum atomic E-state index is 4.48. The van der Waals surface area contributed by atoms with Crippen LogP contribution in [-0.4, -0.2) is 26.3 Å². The Morgan fingerprint density at radius 3 is 2.94 bits per heavy atom. The van der Waals surface area contributed by atoms with Crippen molar-refractivity contribution in [2.45, 2.75) is 13.3 Å². The van der Waals surface area contributed by atoms with Crippen LogP contribution in [0.25, 0.3) is 11.4 Å². The molecule has 2 heterocycles. The molecule has 0 atom stereocenters. The Morgan fingerprint density at radius 1 is 1.38 bits per heavy atom. The molecule has 2 aromatic heterocycles. The van der Waals surface area contributed by atoms with E-state index in [4.69, 9.17) is 0 Å². The van der Waals surface area contributed by atoms with Gasteiger partial charge in [-0.2, -0.15) is 5.10 Å². The van der Waals surface area contributed by atoms with E-state index in [0.717, 1.165) is 30.2 Å². The molecule has 0 aliphatic carbocycles. The highest BCUT2D eigenvalue weighted by atomic mass is 15.3. The van der Waals surface area contributed by atoms with Gasteiger partial charge in [-0.1, -0.05) is 6.92 Å². The quantitative estimate of drug-likeness (QED) is 0.846. The molecule has 2 aromatic rings. The molecule has 1 N–H and O–H groups in total. The average molecular weight is 217 g/mol. The van der Waals surface area contributed by atoms with Crippen LogP contribution in [0.1, 0.15) is 13.3 Å². The summed E-state index contributed by atoms with van der Waals surface area (Å²) >= 11 is 0. The SMILES string of the molecule is CCCNc1cncc(-c2ccnn2C)n1. The molecule has 0 saturated heterocycles. The number of nitrogens with zero attached hydrogens (tertiary/aromatic N) is 4. The zero-order chi connectivity index (χ0) is 11.4. The van der Waals surface area contributed by atoms with Crippen molar-refractivity contribution >= 4 is 5.82 Å². The summed E-state index contributed by atoms with van der Waals surface area (Å²) in [4.78, 5) is 8.65. The maximum Gasteiger partial charge on any atom is 0.145 e. The third kappa shape index (κ3) is 2.18. The van der Waals surface area contributed by atoms with Crippen molar-refractivity contribution in [3.05, 3.63) is 24.7 Å². The van der Waals surface area contributed by atoms with Crippen LogP contribution < -0.4 is 5.32 Å². The van der Waals surface area contributed by atoms with Gasteiger partial charge in [-0.15, -0.1) is 0 Å². The topological polar surface area (TPSA) is 55.6 Å². The zero-order valence-corrected chi connectivity index (χ0v) is 9.51. The monoisotopic (exact) mass is 217 g/mol. The summed E-state index contributed by atoms with van der Waals surface area (Å²) in [5.41, 5.74) is 1.80. The molecule has 84 valence electrons. The van der Waals surface area contributed by atoms with Crippen LogP contribution in [0.3, 0.4) is 0 Å². The molecular formula is C11H15N5. The molecule has 5 nitrogen and oxygen atoms in total. The standard InChI is InChI=1S/C11H15N5/c1-3-5-13-11-8-12-7-9(15-11)10-4-6-14-16(10)2/h4,6-8H,3,5H2,1-2H3,(H,13,15). The molecule has 0 saturated carbocycles. The second-order valence-corrected chi connectivity index (χ2v) is 3.56. The lowest BCUT2D eigenvalue weighted by atomic mass is 10.3. The Bertz CT molecular complexity index is 463. The minimum Gasteiger partial charge on any atom is -0.369 e. The lowest BCUT2D eigenvalue weighted by molar-refractivity contribution is 0.772. The summed E-state index contributed by atoms with van der Waals surface area (Å²) in [7, 11) is 1.89. The Hall–Kier alpha value is -1.91. The third-order valence-electron chi connectivity index (χ3n) is 2.27. The fourth-order valence-corrected chi connectivity index (χ4v) is 1.45. The van der Waals surface area contributed by atoms with Crippen molar-refractivity contribution in [3.8, 4) is 11.4 Å². The molecule has 0 radical (unpaired) electrons. The van der Waals surface area contributed by atoms with Gasteiger partial charge in [0.25, 0.3) is 0 Å². The number of hydrogen-bond acceptors (Lipinski definition) is 4. The van der Waals surface area contributed by atoms with Crippen LogP contribution in [0.15, 0.2) is 24.7 Å². The van der Waals surface area contributed by atoms with E-state index < -0.39 is 0 Å². The largest absolute Gasteiger partial charge is 0.369 e. The van der Waals surface area contributed by atoms with Gasteiger partial charge in [0.2, 0.25) is 0 Å². The first-order valence-electron chi connectivity index (χ1n) is 5.35. The summed E-state index contributed by atoms with van der Waals surface area (Å²) in [6.45, 7) is 3.02. The number of anilines is 1. The Labute approximate surface area is 94.5 Å². The first-order valence-corrected chi connectivity index (χ1v) is 5.35. The fourth-order valence-electron chi connectivity index (χ4n) is 1.45. The van der Waals surface area contributed by atoms with E-state index in [1.54, 1.807) is 23.3 Å². The van der Waals surface area contributed by atoms with Crippen molar-refractivity contribution in [1.82, 2.24) is 19.7 Å². The minimum absolute atomic E-state index is 0.806. The average Bonchev–Trinajstić information content (AvgIpc) is 2.73. The summed E-state index contributed by atoms with van der Waals surface area (Å²) in [6.07, 6.45) is 6.30. The normalized spacial score (nSPS) is 10.4. The molecule has 0 unspecified atom stereocenters. The highest BCUT2D eigenvalue weighted by molar-refractivity contribution is 5.55. The molecule has 0 aliphatic rings. The van der Waals surface area contributed by atoms with Gasteiger partial charge in [-0.05, 0) is 12.5 Å². The summed E-state index contributed by atoms with van der Waals surface area (Å²) in [5, 5.41) is 7.33. The lowest BCUT2D eigenvalue weighted by Crippen LogP contribution is -2.04. The second-order valence-electron chi connectivity index (χ2n) is 3.56. The number of hydrogen-bond donors (Lipinski definition) is 1. The number of aryl methyl sites for hydroxylation is 1. The minimum atomic E-state index is 0.806. The summed E-state index contributed by atoms with van der Waals surface area (Å²) in [6, 6.07) is 1.92. The molecule has 16 heavy (non-hydrogen) atoms. The highest BCUT2D eigenvalue weighted by Gasteiger charge is 2.05. The highest BCUT2D eigenvalue weighted by Crippen LogP contribution is 2.15. The Balaban J connectivity index is 2.26. The van der Waals surface area contributed by atoms with Gasteiger partial charge in [0.15, 0.2) is 0 Å². The molecule has 0 bridgehead atoms. The van der Waals surface area contributed by atoms with E-state index in [2.05, 4.69) is 27.3 Å². The molecular weight excluding hydrogens is 202 g/mol. The van der Waals surface area contributed by atoms with Crippen LogP contribution in [0, 0.1) is 0 Å². The number of aromatic nitrogens is 4. The van der Waals surface area contributed by atoms with Gasteiger partial charge in [0, 0.05) is 19.8 Å². The van der Waals surface area contributed by atoms with E-state index in [0.29, 0.717) is 0 Å². The number of rotatable bonds is 4. The van der Waals surface area contributed by atoms with Crippen LogP contribution in [-0.2, 0) is 7.05 Å². The van der Waals surface area contributed by atoms with E-state index in [9.17, 15) is 0 Å². The summed E-state index contributed by atoms with van der Waals surface area (Å²) < 4.78 is 1.79. The molecule has 0 aromatic carbocycles. The Morgan fingerprint density at radius 2 is 2.25 bits per heavy atom. The molecule has 5 heteroatoms. The van der Waals surface area contributed by atoms with Crippen molar-refractivity contribution in [1.29, 1.82) is 0 Å².